The normalized spacial score (nSPS) is 13.9. The number of carbonyl (C=O) groups is 1. The number of hydrogen-bond acceptors (Lipinski definition) is 3. The monoisotopic (exact) mass is 299 g/mol. The third-order valence-corrected chi connectivity index (χ3v) is 3.99. The molecule has 0 atom stereocenters. The highest BCUT2D eigenvalue weighted by atomic mass is 35.5. The van der Waals surface area contributed by atoms with Crippen LogP contribution in [-0.4, -0.2) is 28.4 Å². The Kier molecular flexibility index (Phi) is 3.76. The molecule has 1 saturated carbocycles. The predicted molar refractivity (Wildman–Crippen MR) is 81.0 cm³/mol. The van der Waals surface area contributed by atoms with E-state index in [9.17, 15) is 4.79 Å². The molecule has 0 bridgehead atoms. The highest BCUT2D eigenvalue weighted by Crippen LogP contribution is 2.31. The third kappa shape index (κ3) is 2.70. The molecule has 0 radical (unpaired) electrons. The molecule has 1 fully saturated rings. The number of benzene rings is 1. The molecule has 21 heavy (non-hydrogen) atoms. The van der Waals surface area contributed by atoms with E-state index in [1.54, 1.807) is 4.90 Å². The lowest BCUT2D eigenvalue weighted by Gasteiger charge is -2.22. The van der Waals surface area contributed by atoms with Crippen molar-refractivity contribution in [3.8, 4) is 6.07 Å². The zero-order valence-corrected chi connectivity index (χ0v) is 12.2. The number of pyridine rings is 1. The number of rotatable bonds is 4. The van der Waals surface area contributed by atoms with Gasteiger partial charge in [0.1, 0.15) is 5.15 Å². The first-order valence-electron chi connectivity index (χ1n) is 6.93. The number of halogens is 1. The molecule has 1 amide bonds. The van der Waals surface area contributed by atoms with Gasteiger partial charge in [-0.1, -0.05) is 35.9 Å². The number of hydrogen-bond donors (Lipinski definition) is 0. The zero-order chi connectivity index (χ0) is 14.8. The van der Waals surface area contributed by atoms with Gasteiger partial charge in [-0.2, -0.15) is 5.26 Å². The summed E-state index contributed by atoms with van der Waals surface area (Å²) in [4.78, 5) is 18.7. The van der Waals surface area contributed by atoms with Crippen molar-refractivity contribution in [3.05, 3.63) is 41.2 Å². The van der Waals surface area contributed by atoms with Crippen molar-refractivity contribution in [1.29, 1.82) is 5.26 Å². The van der Waals surface area contributed by atoms with Gasteiger partial charge in [-0.15, -0.1) is 0 Å². The van der Waals surface area contributed by atoms with E-state index in [2.05, 4.69) is 11.1 Å². The predicted octanol–water partition coefficient (Wildman–Crippen LogP) is 3.41. The quantitative estimate of drug-likeness (QED) is 0.813. The van der Waals surface area contributed by atoms with Crippen LogP contribution in [0.15, 0.2) is 30.5 Å². The maximum absolute atomic E-state index is 12.8. The van der Waals surface area contributed by atoms with Gasteiger partial charge in [-0.05, 0) is 18.2 Å². The Morgan fingerprint density at radius 2 is 2.10 bits per heavy atom. The molecule has 5 heteroatoms. The number of amides is 1. The molecule has 0 N–H and O–H groups in total. The van der Waals surface area contributed by atoms with E-state index in [0.717, 1.165) is 23.6 Å². The molecule has 3 rings (SSSR count). The summed E-state index contributed by atoms with van der Waals surface area (Å²) in [6.45, 7) is 0.469. The minimum absolute atomic E-state index is 0.0619. The lowest BCUT2D eigenvalue weighted by molar-refractivity contribution is 0.0748. The first-order valence-corrected chi connectivity index (χ1v) is 7.31. The maximum Gasteiger partial charge on any atom is 0.256 e. The van der Waals surface area contributed by atoms with E-state index in [1.165, 1.54) is 6.20 Å². The fourth-order valence-corrected chi connectivity index (χ4v) is 2.70. The highest BCUT2D eigenvalue weighted by Gasteiger charge is 2.33. The summed E-state index contributed by atoms with van der Waals surface area (Å²) in [6, 6.07) is 9.86. The molecular formula is C16H14ClN3O. The number of aromatic nitrogens is 1. The number of nitriles is 1. The molecule has 1 heterocycles. The minimum Gasteiger partial charge on any atom is -0.335 e. The van der Waals surface area contributed by atoms with E-state index in [0.29, 0.717) is 23.7 Å². The molecular weight excluding hydrogens is 286 g/mol. The smallest absolute Gasteiger partial charge is 0.256 e. The minimum atomic E-state index is -0.0619. The first-order chi connectivity index (χ1) is 10.2. The first kappa shape index (κ1) is 13.8. The van der Waals surface area contributed by atoms with Crippen LogP contribution in [0, 0.1) is 11.3 Å². The Morgan fingerprint density at radius 1 is 1.38 bits per heavy atom. The summed E-state index contributed by atoms with van der Waals surface area (Å²) in [6.07, 6.45) is 3.90. The second kappa shape index (κ2) is 5.71. The van der Waals surface area contributed by atoms with Gasteiger partial charge < -0.3 is 4.90 Å². The summed E-state index contributed by atoms with van der Waals surface area (Å²) >= 11 is 6.09. The fourth-order valence-electron chi connectivity index (χ4n) is 2.49. The Labute approximate surface area is 127 Å². The van der Waals surface area contributed by atoms with Crippen LogP contribution < -0.4 is 0 Å². The number of carbonyl (C=O) groups excluding carboxylic acids is 1. The van der Waals surface area contributed by atoms with Crippen molar-refractivity contribution in [2.75, 3.05) is 6.54 Å². The van der Waals surface area contributed by atoms with Gasteiger partial charge >= 0.3 is 0 Å². The molecule has 2 aromatic rings. The fraction of sp³-hybridized carbons (Fsp3) is 0.312. The molecule has 0 unspecified atom stereocenters. The van der Waals surface area contributed by atoms with Gasteiger partial charge in [-0.25, -0.2) is 4.98 Å². The van der Waals surface area contributed by atoms with Gasteiger partial charge in [0.2, 0.25) is 0 Å². The van der Waals surface area contributed by atoms with E-state index in [-0.39, 0.29) is 11.9 Å². The number of nitrogens with zero attached hydrogens (tertiary/aromatic N) is 3. The van der Waals surface area contributed by atoms with Crippen molar-refractivity contribution in [2.24, 2.45) is 0 Å². The summed E-state index contributed by atoms with van der Waals surface area (Å²) in [5, 5.41) is 10.7. The molecule has 4 nitrogen and oxygen atoms in total. The van der Waals surface area contributed by atoms with E-state index >= 15 is 0 Å². The van der Waals surface area contributed by atoms with Crippen LogP contribution >= 0.6 is 11.6 Å². The van der Waals surface area contributed by atoms with Gasteiger partial charge in [0.25, 0.3) is 5.91 Å². The van der Waals surface area contributed by atoms with Crippen LogP contribution in [0.25, 0.3) is 10.8 Å². The molecule has 106 valence electrons. The molecule has 1 aliphatic carbocycles. The maximum atomic E-state index is 12.8. The molecule has 1 aromatic heterocycles. The topological polar surface area (TPSA) is 57.0 Å². The van der Waals surface area contributed by atoms with Gasteiger partial charge in [-0.3, -0.25) is 4.79 Å². The van der Waals surface area contributed by atoms with Gasteiger partial charge in [0, 0.05) is 24.2 Å². The van der Waals surface area contributed by atoms with Crippen LogP contribution in [0.5, 0.6) is 0 Å². The Morgan fingerprint density at radius 3 is 2.76 bits per heavy atom. The highest BCUT2D eigenvalue weighted by molar-refractivity contribution is 6.34. The number of fused-ring (bicyclic) bond motifs is 1. The van der Waals surface area contributed by atoms with Crippen LogP contribution in [0.2, 0.25) is 5.15 Å². The van der Waals surface area contributed by atoms with Crippen LogP contribution in [0.1, 0.15) is 29.6 Å². The average molecular weight is 300 g/mol. The molecule has 1 aromatic carbocycles. The van der Waals surface area contributed by atoms with E-state index in [4.69, 9.17) is 16.9 Å². The van der Waals surface area contributed by atoms with Crippen LogP contribution in [0.3, 0.4) is 0 Å². The standard InChI is InChI=1S/C16H14ClN3O/c17-15-13-5-2-1-4-12(13)14(10-19-15)16(21)20(9-3-8-18)11-6-7-11/h1-2,4-5,10-11H,3,6-7,9H2. The van der Waals surface area contributed by atoms with Gasteiger partial charge in [0.15, 0.2) is 0 Å². The second-order valence-electron chi connectivity index (χ2n) is 5.15. The lowest BCUT2D eigenvalue weighted by Crippen LogP contribution is -2.34. The summed E-state index contributed by atoms with van der Waals surface area (Å²) in [5.41, 5.74) is 0.555. The van der Waals surface area contributed by atoms with E-state index < -0.39 is 0 Å². The molecule has 0 spiro atoms. The zero-order valence-electron chi connectivity index (χ0n) is 11.4. The van der Waals surface area contributed by atoms with Crippen LogP contribution in [-0.2, 0) is 0 Å². The lowest BCUT2D eigenvalue weighted by atomic mass is 10.1. The molecule has 0 saturated heterocycles. The average Bonchev–Trinajstić information content (AvgIpc) is 3.33. The van der Waals surface area contributed by atoms with Crippen LogP contribution in [0.4, 0.5) is 0 Å². The van der Waals surface area contributed by atoms with Crippen molar-refractivity contribution < 1.29 is 4.79 Å². The SMILES string of the molecule is N#CCCN(C(=O)c1cnc(Cl)c2ccccc12)C1CC1. The van der Waals surface area contributed by atoms with Gasteiger partial charge in [0.05, 0.1) is 18.1 Å². The Bertz CT molecular complexity index is 734. The molecule has 1 aliphatic rings. The third-order valence-electron chi connectivity index (χ3n) is 3.69. The van der Waals surface area contributed by atoms with Crippen molar-refractivity contribution >= 4 is 28.3 Å². The van der Waals surface area contributed by atoms with Crippen molar-refractivity contribution in [2.45, 2.75) is 25.3 Å². The summed E-state index contributed by atoms with van der Waals surface area (Å²) < 4.78 is 0. The van der Waals surface area contributed by atoms with E-state index in [1.807, 2.05) is 24.3 Å². The summed E-state index contributed by atoms with van der Waals surface area (Å²) in [7, 11) is 0. The Balaban J connectivity index is 2.01. The van der Waals surface area contributed by atoms with Crippen molar-refractivity contribution in [1.82, 2.24) is 9.88 Å². The Hall–Kier alpha value is -2.12. The largest absolute Gasteiger partial charge is 0.335 e. The van der Waals surface area contributed by atoms with Crippen molar-refractivity contribution in [3.63, 3.8) is 0 Å². The molecule has 0 aliphatic heterocycles. The summed E-state index contributed by atoms with van der Waals surface area (Å²) in [5.74, 6) is -0.0619. The second-order valence-corrected chi connectivity index (χ2v) is 5.50.